The summed E-state index contributed by atoms with van der Waals surface area (Å²) < 4.78 is 10.6. The fourth-order valence-corrected chi connectivity index (χ4v) is 3.52. The number of fused-ring (bicyclic) bond motifs is 1. The summed E-state index contributed by atoms with van der Waals surface area (Å²) >= 11 is 0. The summed E-state index contributed by atoms with van der Waals surface area (Å²) in [5, 5.41) is 11.5. The molecule has 2 heterocycles. The van der Waals surface area contributed by atoms with Crippen molar-refractivity contribution in [2.24, 2.45) is 0 Å². The van der Waals surface area contributed by atoms with Crippen LogP contribution in [0.4, 0.5) is 11.4 Å². The van der Waals surface area contributed by atoms with E-state index in [1.165, 1.54) is 13.0 Å². The van der Waals surface area contributed by atoms with Crippen LogP contribution >= 0.6 is 0 Å². The van der Waals surface area contributed by atoms with Gasteiger partial charge in [0.2, 0.25) is 6.79 Å². The molecule has 150 valence electrons. The maximum absolute atomic E-state index is 12.8. The minimum absolute atomic E-state index is 0.103. The second-order valence-electron chi connectivity index (χ2n) is 6.86. The first-order valence-corrected chi connectivity index (χ1v) is 9.17. The number of nitro groups is 1. The molecule has 0 spiro atoms. The van der Waals surface area contributed by atoms with Crippen LogP contribution in [0, 0.1) is 10.1 Å². The number of nitro benzene ring substituents is 1. The van der Waals surface area contributed by atoms with Gasteiger partial charge in [0.1, 0.15) is 5.69 Å². The van der Waals surface area contributed by atoms with Gasteiger partial charge in [0.05, 0.1) is 4.92 Å². The number of carbonyl (C=O) groups excluding carboxylic acids is 2. The summed E-state index contributed by atoms with van der Waals surface area (Å²) in [5.41, 5.74) is 1.17. The van der Waals surface area contributed by atoms with Crippen LogP contribution in [0.2, 0.25) is 0 Å². The lowest BCUT2D eigenvalue weighted by molar-refractivity contribution is -0.384. The molecule has 1 amide bonds. The van der Waals surface area contributed by atoms with E-state index in [9.17, 15) is 19.7 Å². The third kappa shape index (κ3) is 3.58. The number of rotatable bonds is 4. The fourth-order valence-electron chi connectivity index (χ4n) is 3.52. The van der Waals surface area contributed by atoms with Gasteiger partial charge in [-0.3, -0.25) is 19.7 Å². The first kappa shape index (κ1) is 18.7. The topological polar surface area (TPSA) is 102 Å². The Balaban J connectivity index is 1.47. The number of hydrogen-bond donors (Lipinski definition) is 0. The highest BCUT2D eigenvalue weighted by atomic mass is 16.7. The lowest BCUT2D eigenvalue weighted by atomic mass is 10.1. The van der Waals surface area contributed by atoms with Gasteiger partial charge in [0, 0.05) is 43.4 Å². The zero-order valence-corrected chi connectivity index (χ0v) is 15.8. The van der Waals surface area contributed by atoms with Crippen LogP contribution in [0.5, 0.6) is 11.5 Å². The number of nitrogens with zero attached hydrogens (tertiary/aromatic N) is 3. The monoisotopic (exact) mass is 397 g/mol. The molecule has 0 aliphatic carbocycles. The first-order valence-electron chi connectivity index (χ1n) is 9.17. The van der Waals surface area contributed by atoms with Gasteiger partial charge in [-0.25, -0.2) is 0 Å². The standard InChI is InChI=1S/C20H19N3O6/c1-13(24)14-2-4-16(17(10-14)23(26)27)21-6-8-22(9-7-21)20(25)15-3-5-18-19(11-15)29-12-28-18/h2-5,10-11H,6-9,12H2,1H3. The van der Waals surface area contributed by atoms with Crippen molar-refractivity contribution in [3.05, 3.63) is 57.6 Å². The van der Waals surface area contributed by atoms with Crippen molar-refractivity contribution in [3.63, 3.8) is 0 Å². The van der Waals surface area contributed by atoms with E-state index >= 15 is 0 Å². The third-order valence-corrected chi connectivity index (χ3v) is 5.11. The molecular formula is C20H19N3O6. The minimum Gasteiger partial charge on any atom is -0.454 e. The summed E-state index contributed by atoms with van der Waals surface area (Å²) in [6, 6.07) is 9.59. The maximum Gasteiger partial charge on any atom is 0.293 e. The Labute approximate surface area is 166 Å². The Morgan fingerprint density at radius 3 is 2.34 bits per heavy atom. The Morgan fingerprint density at radius 2 is 1.66 bits per heavy atom. The summed E-state index contributed by atoms with van der Waals surface area (Å²) in [6.45, 7) is 3.29. The van der Waals surface area contributed by atoms with Crippen molar-refractivity contribution in [3.8, 4) is 11.5 Å². The molecule has 9 heteroatoms. The summed E-state index contributed by atoms with van der Waals surface area (Å²) in [6.07, 6.45) is 0. The van der Waals surface area contributed by atoms with Crippen molar-refractivity contribution in [1.82, 2.24) is 4.90 Å². The van der Waals surface area contributed by atoms with Gasteiger partial charge >= 0.3 is 0 Å². The predicted molar refractivity (Wildman–Crippen MR) is 104 cm³/mol. The Kier molecular flexibility index (Phi) is 4.79. The molecule has 0 bridgehead atoms. The molecule has 0 aromatic heterocycles. The van der Waals surface area contributed by atoms with Gasteiger partial charge in [-0.2, -0.15) is 0 Å². The summed E-state index contributed by atoms with van der Waals surface area (Å²) in [5.74, 6) is 0.825. The first-order chi connectivity index (χ1) is 13.9. The van der Waals surface area contributed by atoms with Gasteiger partial charge < -0.3 is 19.3 Å². The molecule has 0 N–H and O–H groups in total. The third-order valence-electron chi connectivity index (χ3n) is 5.11. The van der Waals surface area contributed by atoms with Crippen LogP contribution in [0.3, 0.4) is 0 Å². The van der Waals surface area contributed by atoms with E-state index < -0.39 is 4.92 Å². The fraction of sp³-hybridized carbons (Fsp3) is 0.300. The van der Waals surface area contributed by atoms with Gasteiger partial charge in [0.25, 0.3) is 11.6 Å². The molecule has 0 atom stereocenters. The van der Waals surface area contributed by atoms with Gasteiger partial charge in [-0.1, -0.05) is 0 Å². The lowest BCUT2D eigenvalue weighted by Gasteiger charge is -2.36. The van der Waals surface area contributed by atoms with Crippen molar-refractivity contribution in [2.75, 3.05) is 37.9 Å². The van der Waals surface area contributed by atoms with E-state index in [0.717, 1.165) is 0 Å². The molecule has 2 aromatic carbocycles. The highest BCUT2D eigenvalue weighted by Gasteiger charge is 2.27. The molecule has 0 radical (unpaired) electrons. The summed E-state index contributed by atoms with van der Waals surface area (Å²) in [7, 11) is 0. The molecule has 1 fully saturated rings. The molecular weight excluding hydrogens is 378 g/mol. The number of piperazine rings is 1. The number of amides is 1. The molecule has 4 rings (SSSR count). The zero-order valence-electron chi connectivity index (χ0n) is 15.8. The van der Waals surface area contributed by atoms with Crippen LogP contribution in [0.15, 0.2) is 36.4 Å². The van der Waals surface area contributed by atoms with Crippen LogP contribution in [-0.4, -0.2) is 54.5 Å². The van der Waals surface area contributed by atoms with Gasteiger partial charge in [0.15, 0.2) is 17.3 Å². The largest absolute Gasteiger partial charge is 0.454 e. The Hall–Kier alpha value is -3.62. The second-order valence-corrected chi connectivity index (χ2v) is 6.86. The number of ketones is 1. The number of carbonyl (C=O) groups is 2. The highest BCUT2D eigenvalue weighted by molar-refractivity contribution is 5.96. The molecule has 9 nitrogen and oxygen atoms in total. The number of benzene rings is 2. The zero-order chi connectivity index (χ0) is 20.5. The van der Waals surface area contributed by atoms with Gasteiger partial charge in [-0.05, 0) is 37.3 Å². The van der Waals surface area contributed by atoms with E-state index in [-0.39, 0.29) is 24.2 Å². The predicted octanol–water partition coefficient (Wildman–Crippen LogP) is 2.49. The quantitative estimate of drug-likeness (QED) is 0.444. The van der Waals surface area contributed by atoms with Crippen LogP contribution in [-0.2, 0) is 0 Å². The Bertz CT molecular complexity index is 998. The van der Waals surface area contributed by atoms with Crippen molar-refractivity contribution in [1.29, 1.82) is 0 Å². The number of ether oxygens (including phenoxy) is 2. The number of Topliss-reactive ketones (excluding diaryl/α,β-unsaturated/α-hetero) is 1. The van der Waals surface area contributed by atoms with Crippen molar-refractivity contribution < 1.29 is 24.0 Å². The van der Waals surface area contributed by atoms with E-state index in [2.05, 4.69) is 0 Å². The molecule has 0 saturated carbocycles. The molecule has 2 aliphatic rings. The SMILES string of the molecule is CC(=O)c1ccc(N2CCN(C(=O)c3ccc4c(c3)OCO4)CC2)c([N+](=O)[O-])c1. The molecule has 29 heavy (non-hydrogen) atoms. The van der Waals surface area contributed by atoms with E-state index in [4.69, 9.17) is 9.47 Å². The lowest BCUT2D eigenvalue weighted by Crippen LogP contribution is -2.49. The van der Waals surface area contributed by atoms with Crippen molar-refractivity contribution in [2.45, 2.75) is 6.92 Å². The van der Waals surface area contributed by atoms with Crippen LogP contribution in [0.25, 0.3) is 0 Å². The number of hydrogen-bond acceptors (Lipinski definition) is 7. The average molecular weight is 397 g/mol. The van der Waals surface area contributed by atoms with E-state index in [1.807, 2.05) is 4.90 Å². The summed E-state index contributed by atoms with van der Waals surface area (Å²) in [4.78, 5) is 38.9. The normalized spacial score (nSPS) is 15.3. The van der Waals surface area contributed by atoms with Crippen LogP contribution in [0.1, 0.15) is 27.6 Å². The minimum atomic E-state index is -0.480. The number of anilines is 1. The van der Waals surface area contributed by atoms with Gasteiger partial charge in [-0.15, -0.1) is 0 Å². The average Bonchev–Trinajstić information content (AvgIpc) is 3.20. The maximum atomic E-state index is 12.8. The molecule has 1 saturated heterocycles. The van der Waals surface area contributed by atoms with E-state index in [1.54, 1.807) is 35.2 Å². The molecule has 2 aliphatic heterocycles. The highest BCUT2D eigenvalue weighted by Crippen LogP contribution is 2.33. The second kappa shape index (κ2) is 7.42. The van der Waals surface area contributed by atoms with Crippen molar-refractivity contribution >= 4 is 23.1 Å². The molecule has 2 aromatic rings. The molecule has 0 unspecified atom stereocenters. The smallest absolute Gasteiger partial charge is 0.293 e. The van der Waals surface area contributed by atoms with Crippen LogP contribution < -0.4 is 14.4 Å². The Morgan fingerprint density at radius 1 is 0.966 bits per heavy atom. The van der Waals surface area contributed by atoms with E-state index in [0.29, 0.717) is 54.5 Å².